The van der Waals surface area contributed by atoms with Crippen LogP contribution in [0.5, 0.6) is 0 Å². The highest BCUT2D eigenvalue weighted by Gasteiger charge is 2.38. The van der Waals surface area contributed by atoms with E-state index in [1.54, 1.807) is 6.26 Å². The Labute approximate surface area is 94.6 Å². The number of nitrogens with one attached hydrogen (secondary N) is 1. The number of carbonyl (C=O) groups excluding carboxylic acids is 1. The normalized spacial score (nSPS) is 30.1. The Hall–Kier alpha value is -1.29. The molecule has 4 nitrogen and oxygen atoms in total. The number of nitrogens with zero attached hydrogens (tertiary/aromatic N) is 1. The maximum absolute atomic E-state index is 11.3. The predicted molar refractivity (Wildman–Crippen MR) is 58.7 cm³/mol. The number of piperidine rings is 1. The van der Waals surface area contributed by atoms with Crippen LogP contribution in [0.25, 0.3) is 0 Å². The van der Waals surface area contributed by atoms with E-state index in [1.807, 2.05) is 12.1 Å². The zero-order valence-electron chi connectivity index (χ0n) is 9.19. The summed E-state index contributed by atoms with van der Waals surface area (Å²) in [6.07, 6.45) is 4.43. The van der Waals surface area contributed by atoms with E-state index in [4.69, 9.17) is 4.42 Å². The van der Waals surface area contributed by atoms with Crippen LogP contribution in [0.4, 0.5) is 0 Å². The van der Waals surface area contributed by atoms with Gasteiger partial charge in [0.05, 0.1) is 12.8 Å². The van der Waals surface area contributed by atoms with Crippen LogP contribution in [-0.2, 0) is 11.3 Å². The molecule has 2 atom stereocenters. The fraction of sp³-hybridized carbons (Fsp3) is 0.583. The van der Waals surface area contributed by atoms with Gasteiger partial charge in [-0.2, -0.15) is 0 Å². The highest BCUT2D eigenvalue weighted by molar-refractivity contribution is 5.77. The lowest BCUT2D eigenvalue weighted by Gasteiger charge is -2.31. The maximum Gasteiger partial charge on any atom is 0.220 e. The van der Waals surface area contributed by atoms with Gasteiger partial charge in [-0.1, -0.05) is 0 Å². The van der Waals surface area contributed by atoms with E-state index in [1.165, 1.54) is 0 Å². The zero-order chi connectivity index (χ0) is 11.0. The highest BCUT2D eigenvalue weighted by atomic mass is 16.3. The molecule has 1 aromatic rings. The fourth-order valence-electron chi connectivity index (χ4n) is 2.83. The first-order valence-electron chi connectivity index (χ1n) is 5.89. The summed E-state index contributed by atoms with van der Waals surface area (Å²) in [4.78, 5) is 13.7. The van der Waals surface area contributed by atoms with Crippen molar-refractivity contribution in [2.24, 2.45) is 0 Å². The van der Waals surface area contributed by atoms with Crippen LogP contribution in [0, 0.1) is 0 Å². The fourth-order valence-corrected chi connectivity index (χ4v) is 2.83. The number of hydrogen-bond acceptors (Lipinski definition) is 3. The van der Waals surface area contributed by atoms with Crippen LogP contribution in [-0.4, -0.2) is 29.4 Å². The molecule has 0 aliphatic carbocycles. The third kappa shape index (κ3) is 1.73. The molecule has 4 heteroatoms. The average molecular weight is 220 g/mol. The largest absolute Gasteiger partial charge is 0.468 e. The summed E-state index contributed by atoms with van der Waals surface area (Å²) in [6.45, 7) is 1.92. The van der Waals surface area contributed by atoms with Crippen LogP contribution in [0.15, 0.2) is 22.8 Å². The number of rotatable bonds is 2. The molecule has 0 radical (unpaired) electrons. The SMILES string of the molecule is O=C1CC[C@@H]2[C@H](CCN2Cc2ccco2)N1. The molecule has 3 heterocycles. The first-order chi connectivity index (χ1) is 7.83. The summed E-state index contributed by atoms with van der Waals surface area (Å²) in [5, 5.41) is 3.08. The molecule has 1 aromatic heterocycles. The second kappa shape index (κ2) is 3.94. The van der Waals surface area contributed by atoms with Crippen molar-refractivity contribution in [2.75, 3.05) is 6.54 Å². The van der Waals surface area contributed by atoms with Crippen molar-refractivity contribution in [1.82, 2.24) is 10.2 Å². The van der Waals surface area contributed by atoms with Crippen molar-refractivity contribution >= 4 is 5.91 Å². The van der Waals surface area contributed by atoms with Crippen LogP contribution in [0.2, 0.25) is 0 Å². The van der Waals surface area contributed by atoms with Gasteiger partial charge in [-0.05, 0) is 25.0 Å². The number of likely N-dealkylation sites (tertiary alicyclic amines) is 1. The molecule has 0 saturated carbocycles. The smallest absolute Gasteiger partial charge is 0.220 e. The Kier molecular flexibility index (Phi) is 2.44. The van der Waals surface area contributed by atoms with Gasteiger partial charge < -0.3 is 9.73 Å². The topological polar surface area (TPSA) is 45.5 Å². The van der Waals surface area contributed by atoms with Gasteiger partial charge in [0.2, 0.25) is 5.91 Å². The molecular formula is C12H16N2O2. The third-order valence-corrected chi connectivity index (χ3v) is 3.61. The summed E-state index contributed by atoms with van der Waals surface area (Å²) in [5.74, 6) is 1.22. The molecule has 0 aromatic carbocycles. The van der Waals surface area contributed by atoms with Gasteiger partial charge in [-0.25, -0.2) is 0 Å². The zero-order valence-corrected chi connectivity index (χ0v) is 9.19. The van der Waals surface area contributed by atoms with E-state index in [-0.39, 0.29) is 5.91 Å². The van der Waals surface area contributed by atoms with E-state index in [2.05, 4.69) is 10.2 Å². The van der Waals surface area contributed by atoms with Crippen molar-refractivity contribution in [3.8, 4) is 0 Å². The number of hydrogen-bond donors (Lipinski definition) is 1. The van der Waals surface area contributed by atoms with Gasteiger partial charge in [0.25, 0.3) is 0 Å². The molecule has 1 amide bonds. The van der Waals surface area contributed by atoms with E-state index in [0.29, 0.717) is 18.5 Å². The molecule has 2 aliphatic heterocycles. The van der Waals surface area contributed by atoms with Gasteiger partial charge in [0.15, 0.2) is 0 Å². The van der Waals surface area contributed by atoms with Crippen molar-refractivity contribution in [3.63, 3.8) is 0 Å². The third-order valence-electron chi connectivity index (χ3n) is 3.61. The molecule has 0 bridgehead atoms. The van der Waals surface area contributed by atoms with Gasteiger partial charge in [0.1, 0.15) is 5.76 Å². The van der Waals surface area contributed by atoms with Crippen molar-refractivity contribution in [3.05, 3.63) is 24.2 Å². The van der Waals surface area contributed by atoms with Crippen molar-refractivity contribution in [2.45, 2.75) is 37.9 Å². The molecule has 3 rings (SSSR count). The standard InChI is InChI=1S/C12H16N2O2/c15-12-4-3-11-10(13-12)5-6-14(11)8-9-2-1-7-16-9/h1-2,7,10-11H,3-6,8H2,(H,13,15)/t10-,11+/m0/s1. The number of fused-ring (bicyclic) bond motifs is 1. The van der Waals surface area contributed by atoms with E-state index >= 15 is 0 Å². The Bertz CT molecular complexity index is 374. The molecule has 16 heavy (non-hydrogen) atoms. The van der Waals surface area contributed by atoms with Gasteiger partial charge in [0, 0.05) is 25.0 Å². The molecule has 1 N–H and O–H groups in total. The van der Waals surface area contributed by atoms with Crippen molar-refractivity contribution in [1.29, 1.82) is 0 Å². The summed E-state index contributed by atoms with van der Waals surface area (Å²) in [6, 6.07) is 4.79. The second-order valence-electron chi connectivity index (χ2n) is 4.62. The summed E-state index contributed by atoms with van der Waals surface area (Å²) in [5.41, 5.74) is 0. The van der Waals surface area contributed by atoms with E-state index in [9.17, 15) is 4.79 Å². The minimum atomic E-state index is 0.209. The van der Waals surface area contributed by atoms with Crippen LogP contribution >= 0.6 is 0 Å². The number of amides is 1. The van der Waals surface area contributed by atoms with E-state index in [0.717, 1.165) is 31.7 Å². The molecule has 86 valence electrons. The lowest BCUT2D eigenvalue weighted by Crippen LogP contribution is -2.49. The number of carbonyl (C=O) groups is 1. The van der Waals surface area contributed by atoms with Gasteiger partial charge in [-0.15, -0.1) is 0 Å². The number of furan rings is 1. The van der Waals surface area contributed by atoms with E-state index < -0.39 is 0 Å². The monoisotopic (exact) mass is 220 g/mol. The average Bonchev–Trinajstić information content (AvgIpc) is 2.89. The predicted octanol–water partition coefficient (Wildman–Crippen LogP) is 1.13. The first-order valence-corrected chi connectivity index (χ1v) is 5.89. The minimum absolute atomic E-state index is 0.209. The summed E-state index contributed by atoms with van der Waals surface area (Å²) >= 11 is 0. The van der Waals surface area contributed by atoms with Crippen molar-refractivity contribution < 1.29 is 9.21 Å². The van der Waals surface area contributed by atoms with Crippen LogP contribution in [0.3, 0.4) is 0 Å². The molecule has 2 fully saturated rings. The van der Waals surface area contributed by atoms with Crippen LogP contribution < -0.4 is 5.32 Å². The lowest BCUT2D eigenvalue weighted by atomic mass is 9.99. The Morgan fingerprint density at radius 3 is 3.25 bits per heavy atom. The quantitative estimate of drug-likeness (QED) is 0.812. The molecule has 0 unspecified atom stereocenters. The van der Waals surface area contributed by atoms with Crippen LogP contribution in [0.1, 0.15) is 25.0 Å². The lowest BCUT2D eigenvalue weighted by molar-refractivity contribution is -0.124. The summed E-state index contributed by atoms with van der Waals surface area (Å²) in [7, 11) is 0. The first kappa shape index (κ1) is 9.90. The molecular weight excluding hydrogens is 204 g/mol. The molecule has 0 spiro atoms. The minimum Gasteiger partial charge on any atom is -0.468 e. The summed E-state index contributed by atoms with van der Waals surface area (Å²) < 4.78 is 5.37. The molecule has 2 saturated heterocycles. The highest BCUT2D eigenvalue weighted by Crippen LogP contribution is 2.27. The maximum atomic E-state index is 11.3. The van der Waals surface area contributed by atoms with Gasteiger partial charge >= 0.3 is 0 Å². The molecule has 2 aliphatic rings. The van der Waals surface area contributed by atoms with Gasteiger partial charge in [-0.3, -0.25) is 9.69 Å². The Morgan fingerprint density at radius 2 is 2.44 bits per heavy atom. The Balaban J connectivity index is 1.67. The Morgan fingerprint density at radius 1 is 1.50 bits per heavy atom. The second-order valence-corrected chi connectivity index (χ2v) is 4.62.